The molecule has 1 fully saturated rings. The maximum Gasteiger partial charge on any atom is 0.338 e. The Morgan fingerprint density at radius 3 is 2.47 bits per heavy atom. The molecule has 0 radical (unpaired) electrons. The van der Waals surface area contributed by atoms with E-state index in [1.807, 2.05) is 12.1 Å². The van der Waals surface area contributed by atoms with Gasteiger partial charge in [0.15, 0.2) is 5.17 Å². The van der Waals surface area contributed by atoms with Gasteiger partial charge in [-0.2, -0.15) is 0 Å². The Labute approximate surface area is 231 Å². The number of aliphatic imine (C=N–C) groups is 1. The molecule has 0 bridgehead atoms. The van der Waals surface area contributed by atoms with Gasteiger partial charge in [-0.25, -0.2) is 9.79 Å². The number of ether oxygens (including phenoxy) is 2. The van der Waals surface area contributed by atoms with Crippen LogP contribution in [0.5, 0.6) is 5.75 Å². The third-order valence-electron chi connectivity index (χ3n) is 5.40. The van der Waals surface area contributed by atoms with Crippen LogP contribution >= 0.6 is 27.7 Å². The molecule has 1 aliphatic heterocycles. The number of rotatable bonds is 8. The monoisotopic (exact) mass is 595 g/mol. The SMILES string of the molecule is CCOC(=O)c1ccc(N=C2SC(=Cc3ccc(OCc4ccc([N+](=O)[O-])cc4)c(Br)c3)C(=O)N2C)cc1. The molecular formula is C27H22BrN3O6S. The number of nitrogens with zero attached hydrogens (tertiary/aromatic N) is 3. The molecule has 0 saturated carbocycles. The van der Waals surface area contributed by atoms with Crippen LogP contribution in [0.2, 0.25) is 0 Å². The second-order valence-electron chi connectivity index (χ2n) is 8.04. The van der Waals surface area contributed by atoms with Crippen molar-refractivity contribution in [3.63, 3.8) is 0 Å². The van der Waals surface area contributed by atoms with Crippen molar-refractivity contribution in [2.24, 2.45) is 4.99 Å². The van der Waals surface area contributed by atoms with Crippen molar-refractivity contribution >= 4 is 62.2 Å². The van der Waals surface area contributed by atoms with E-state index in [4.69, 9.17) is 9.47 Å². The summed E-state index contributed by atoms with van der Waals surface area (Å²) < 4.78 is 11.5. The maximum atomic E-state index is 12.8. The minimum absolute atomic E-state index is 0.0254. The molecule has 194 valence electrons. The summed E-state index contributed by atoms with van der Waals surface area (Å²) in [4.78, 5) is 41.6. The standard InChI is InChI=1S/C27H22BrN3O6S/c1-3-36-26(33)19-7-9-20(10-8-19)29-27-30(2)25(32)24(38-27)15-18-6-13-23(22(28)14-18)37-16-17-4-11-21(12-5-17)31(34)35/h4-15H,3,16H2,1-2H3. The zero-order valence-corrected chi connectivity index (χ0v) is 22.8. The second-order valence-corrected chi connectivity index (χ2v) is 9.90. The highest BCUT2D eigenvalue weighted by atomic mass is 79.9. The highest BCUT2D eigenvalue weighted by Gasteiger charge is 2.30. The van der Waals surface area contributed by atoms with Gasteiger partial charge in [0.1, 0.15) is 12.4 Å². The topological polar surface area (TPSA) is 111 Å². The zero-order chi connectivity index (χ0) is 27.2. The Balaban J connectivity index is 1.43. The Bertz CT molecular complexity index is 1440. The molecule has 0 unspecified atom stereocenters. The molecular weight excluding hydrogens is 574 g/mol. The van der Waals surface area contributed by atoms with E-state index in [0.29, 0.717) is 38.2 Å². The number of non-ortho nitro benzene ring substituents is 1. The van der Waals surface area contributed by atoms with E-state index in [1.165, 1.54) is 28.8 Å². The lowest BCUT2D eigenvalue weighted by atomic mass is 10.2. The first-order chi connectivity index (χ1) is 18.2. The van der Waals surface area contributed by atoms with Crippen LogP contribution in [0.4, 0.5) is 11.4 Å². The Morgan fingerprint density at radius 2 is 1.84 bits per heavy atom. The average molecular weight is 596 g/mol. The van der Waals surface area contributed by atoms with Gasteiger partial charge in [0.25, 0.3) is 11.6 Å². The predicted octanol–water partition coefficient (Wildman–Crippen LogP) is 6.35. The maximum absolute atomic E-state index is 12.8. The van der Waals surface area contributed by atoms with Crippen LogP contribution in [0.15, 0.2) is 81.1 Å². The van der Waals surface area contributed by atoms with Crippen molar-refractivity contribution in [3.8, 4) is 5.75 Å². The van der Waals surface area contributed by atoms with E-state index in [-0.39, 0.29) is 18.2 Å². The van der Waals surface area contributed by atoms with E-state index in [9.17, 15) is 19.7 Å². The molecule has 38 heavy (non-hydrogen) atoms. The van der Waals surface area contributed by atoms with Crippen LogP contribution in [0, 0.1) is 10.1 Å². The summed E-state index contributed by atoms with van der Waals surface area (Å²) in [7, 11) is 1.66. The highest BCUT2D eigenvalue weighted by Crippen LogP contribution is 2.35. The lowest BCUT2D eigenvalue weighted by Crippen LogP contribution is -2.23. The summed E-state index contributed by atoms with van der Waals surface area (Å²) in [5.41, 5.74) is 2.66. The third kappa shape index (κ3) is 6.48. The largest absolute Gasteiger partial charge is 0.488 e. The van der Waals surface area contributed by atoms with Gasteiger partial charge in [-0.3, -0.25) is 19.8 Å². The second kappa shape index (κ2) is 12.1. The molecule has 1 heterocycles. The number of benzene rings is 3. The smallest absolute Gasteiger partial charge is 0.338 e. The number of thioether (sulfide) groups is 1. The Kier molecular flexibility index (Phi) is 8.59. The van der Waals surface area contributed by atoms with Crippen molar-refractivity contribution in [1.82, 2.24) is 4.90 Å². The average Bonchev–Trinajstić information content (AvgIpc) is 3.16. The molecule has 9 nitrogen and oxygen atoms in total. The molecule has 0 aliphatic carbocycles. The van der Waals surface area contributed by atoms with Gasteiger partial charge in [-0.1, -0.05) is 6.07 Å². The third-order valence-corrected chi connectivity index (χ3v) is 7.08. The first-order valence-corrected chi connectivity index (χ1v) is 13.0. The number of carbonyl (C=O) groups excluding carboxylic acids is 2. The molecule has 0 atom stereocenters. The van der Waals surface area contributed by atoms with Crippen LogP contribution in [0.1, 0.15) is 28.4 Å². The van der Waals surface area contributed by atoms with Crippen LogP contribution in [0.25, 0.3) is 6.08 Å². The van der Waals surface area contributed by atoms with Gasteiger partial charge in [0, 0.05) is 19.2 Å². The summed E-state index contributed by atoms with van der Waals surface area (Å²) in [6.07, 6.45) is 1.78. The molecule has 3 aromatic carbocycles. The minimum Gasteiger partial charge on any atom is -0.488 e. The molecule has 0 N–H and O–H groups in total. The lowest BCUT2D eigenvalue weighted by Gasteiger charge is -2.09. The fourth-order valence-corrected chi connectivity index (χ4v) is 4.90. The normalized spacial score (nSPS) is 15.2. The quantitative estimate of drug-likeness (QED) is 0.129. The van der Waals surface area contributed by atoms with Crippen LogP contribution < -0.4 is 4.74 Å². The molecule has 1 saturated heterocycles. The number of hydrogen-bond acceptors (Lipinski definition) is 8. The van der Waals surface area contributed by atoms with E-state index in [1.54, 1.807) is 62.5 Å². The van der Waals surface area contributed by atoms with E-state index in [2.05, 4.69) is 20.9 Å². The fourth-order valence-electron chi connectivity index (χ4n) is 3.40. The summed E-state index contributed by atoms with van der Waals surface area (Å²) in [6.45, 7) is 2.30. The molecule has 11 heteroatoms. The van der Waals surface area contributed by atoms with Crippen molar-refractivity contribution in [1.29, 1.82) is 0 Å². The van der Waals surface area contributed by atoms with Gasteiger partial charge in [-0.05, 0) is 100 Å². The predicted molar refractivity (Wildman–Crippen MR) is 149 cm³/mol. The summed E-state index contributed by atoms with van der Waals surface area (Å²) in [5.74, 6) is 0.0291. The summed E-state index contributed by atoms with van der Waals surface area (Å²) in [6, 6.07) is 18.3. The van der Waals surface area contributed by atoms with E-state index < -0.39 is 10.9 Å². The first-order valence-electron chi connectivity index (χ1n) is 11.4. The van der Waals surface area contributed by atoms with Crippen molar-refractivity contribution in [2.45, 2.75) is 13.5 Å². The van der Waals surface area contributed by atoms with Gasteiger partial charge in [0.2, 0.25) is 0 Å². The number of likely N-dealkylation sites (N-methyl/N-ethyl adjacent to an activating group) is 1. The van der Waals surface area contributed by atoms with Gasteiger partial charge in [-0.15, -0.1) is 0 Å². The number of amides is 1. The number of carbonyl (C=O) groups is 2. The lowest BCUT2D eigenvalue weighted by molar-refractivity contribution is -0.384. The van der Waals surface area contributed by atoms with Crippen LogP contribution in [-0.4, -0.2) is 40.5 Å². The van der Waals surface area contributed by atoms with Crippen LogP contribution in [-0.2, 0) is 16.1 Å². The molecule has 1 aliphatic rings. The van der Waals surface area contributed by atoms with Gasteiger partial charge in [0.05, 0.1) is 32.2 Å². The number of amidine groups is 1. The number of halogens is 1. The highest BCUT2D eigenvalue weighted by molar-refractivity contribution is 9.10. The first kappa shape index (κ1) is 27.1. The number of nitro benzene ring substituents is 1. The summed E-state index contributed by atoms with van der Waals surface area (Å²) >= 11 is 4.76. The minimum atomic E-state index is -0.445. The molecule has 4 rings (SSSR count). The van der Waals surface area contributed by atoms with E-state index in [0.717, 1.165) is 11.1 Å². The molecule has 3 aromatic rings. The Hall–Kier alpha value is -3.96. The summed E-state index contributed by atoms with van der Waals surface area (Å²) in [5, 5.41) is 11.3. The fraction of sp³-hybridized carbons (Fsp3) is 0.148. The van der Waals surface area contributed by atoms with Crippen molar-refractivity contribution in [3.05, 3.63) is 103 Å². The van der Waals surface area contributed by atoms with Crippen molar-refractivity contribution < 1.29 is 24.0 Å². The van der Waals surface area contributed by atoms with Crippen LogP contribution in [0.3, 0.4) is 0 Å². The number of nitro groups is 1. The zero-order valence-electron chi connectivity index (χ0n) is 20.4. The molecule has 0 spiro atoms. The number of hydrogen-bond donors (Lipinski definition) is 0. The molecule has 1 amide bonds. The Morgan fingerprint density at radius 1 is 1.13 bits per heavy atom. The molecule has 0 aromatic heterocycles. The van der Waals surface area contributed by atoms with Crippen molar-refractivity contribution in [2.75, 3.05) is 13.7 Å². The van der Waals surface area contributed by atoms with Gasteiger partial charge < -0.3 is 9.47 Å². The number of esters is 1. The van der Waals surface area contributed by atoms with E-state index >= 15 is 0 Å². The van der Waals surface area contributed by atoms with Gasteiger partial charge >= 0.3 is 5.97 Å².